The molecule has 1 unspecified atom stereocenters. The van der Waals surface area contributed by atoms with Crippen molar-refractivity contribution in [2.45, 2.75) is 32.6 Å². The molecule has 0 aromatic heterocycles. The Kier molecular flexibility index (Phi) is 3.82. The van der Waals surface area contributed by atoms with Crippen molar-refractivity contribution in [2.24, 2.45) is 11.8 Å². The van der Waals surface area contributed by atoms with Crippen molar-refractivity contribution in [3.05, 3.63) is 0 Å². The van der Waals surface area contributed by atoms with Crippen LogP contribution in [0.15, 0.2) is 0 Å². The molecule has 2 heteroatoms. The summed E-state index contributed by atoms with van der Waals surface area (Å²) >= 11 is 0. The van der Waals surface area contributed by atoms with Crippen LogP contribution in [0.2, 0.25) is 0 Å². The Balaban J connectivity index is 1.52. The maximum absolute atomic E-state index is 3.40. The van der Waals surface area contributed by atoms with Gasteiger partial charge in [-0.05, 0) is 44.1 Å². The SMILES string of the molecule is CC(CCCN1CCNCC1)C1CC1. The number of nitrogens with one attached hydrogen (secondary N) is 1. The highest BCUT2D eigenvalue weighted by Crippen LogP contribution is 2.38. The number of nitrogens with zero attached hydrogens (tertiary/aromatic N) is 1. The first-order chi connectivity index (χ1) is 6.86. The predicted octanol–water partition coefficient (Wildman–Crippen LogP) is 1.72. The van der Waals surface area contributed by atoms with E-state index in [0.717, 1.165) is 11.8 Å². The third-order valence-electron chi connectivity index (χ3n) is 3.77. The molecule has 1 aliphatic carbocycles. The molecule has 1 N–H and O–H groups in total. The fourth-order valence-corrected chi connectivity index (χ4v) is 2.47. The second-order valence-electron chi connectivity index (χ2n) is 5.05. The lowest BCUT2D eigenvalue weighted by Gasteiger charge is -2.27. The number of hydrogen-bond donors (Lipinski definition) is 1. The molecule has 1 heterocycles. The summed E-state index contributed by atoms with van der Waals surface area (Å²) < 4.78 is 0. The van der Waals surface area contributed by atoms with Gasteiger partial charge in [-0.2, -0.15) is 0 Å². The van der Waals surface area contributed by atoms with Crippen molar-refractivity contribution < 1.29 is 0 Å². The third-order valence-corrected chi connectivity index (χ3v) is 3.77. The van der Waals surface area contributed by atoms with Gasteiger partial charge in [0, 0.05) is 26.2 Å². The van der Waals surface area contributed by atoms with Gasteiger partial charge in [0.1, 0.15) is 0 Å². The van der Waals surface area contributed by atoms with Crippen LogP contribution < -0.4 is 5.32 Å². The standard InChI is InChI=1S/C12H24N2/c1-11(12-4-5-12)3-2-8-14-9-6-13-7-10-14/h11-13H,2-10H2,1H3. The Bertz CT molecular complexity index is 160. The van der Waals surface area contributed by atoms with Crippen molar-refractivity contribution >= 4 is 0 Å². The molecule has 2 rings (SSSR count). The molecule has 2 fully saturated rings. The normalized spacial score (nSPS) is 26.4. The van der Waals surface area contributed by atoms with Crippen molar-refractivity contribution in [2.75, 3.05) is 32.7 Å². The summed E-state index contributed by atoms with van der Waals surface area (Å²) in [6.07, 6.45) is 5.88. The smallest absolute Gasteiger partial charge is 0.0107 e. The average molecular weight is 196 g/mol. The van der Waals surface area contributed by atoms with Gasteiger partial charge < -0.3 is 10.2 Å². The minimum absolute atomic E-state index is 0.998. The molecule has 0 bridgehead atoms. The molecule has 1 saturated carbocycles. The number of rotatable bonds is 5. The maximum Gasteiger partial charge on any atom is 0.0107 e. The van der Waals surface area contributed by atoms with Crippen LogP contribution in [0.3, 0.4) is 0 Å². The lowest BCUT2D eigenvalue weighted by molar-refractivity contribution is 0.230. The van der Waals surface area contributed by atoms with Crippen molar-refractivity contribution in [3.63, 3.8) is 0 Å². The molecule has 0 spiro atoms. The van der Waals surface area contributed by atoms with Crippen LogP contribution in [0.4, 0.5) is 0 Å². The Morgan fingerprint density at radius 3 is 2.64 bits per heavy atom. The van der Waals surface area contributed by atoms with E-state index in [9.17, 15) is 0 Å². The molecule has 0 aromatic rings. The minimum Gasteiger partial charge on any atom is -0.314 e. The van der Waals surface area contributed by atoms with E-state index in [1.165, 1.54) is 58.4 Å². The van der Waals surface area contributed by atoms with Gasteiger partial charge in [0.25, 0.3) is 0 Å². The van der Waals surface area contributed by atoms with E-state index in [0.29, 0.717) is 0 Å². The topological polar surface area (TPSA) is 15.3 Å². The van der Waals surface area contributed by atoms with E-state index in [2.05, 4.69) is 17.1 Å². The van der Waals surface area contributed by atoms with Crippen molar-refractivity contribution in [1.29, 1.82) is 0 Å². The average Bonchev–Trinajstić information content (AvgIpc) is 3.02. The Morgan fingerprint density at radius 2 is 2.00 bits per heavy atom. The molecule has 1 aliphatic heterocycles. The van der Waals surface area contributed by atoms with Gasteiger partial charge in [0.15, 0.2) is 0 Å². The zero-order valence-electron chi connectivity index (χ0n) is 9.47. The van der Waals surface area contributed by atoms with Crippen LogP contribution in [0.5, 0.6) is 0 Å². The van der Waals surface area contributed by atoms with Crippen LogP contribution in [0, 0.1) is 11.8 Å². The monoisotopic (exact) mass is 196 g/mol. The Hall–Kier alpha value is -0.0800. The quantitative estimate of drug-likeness (QED) is 0.720. The first-order valence-electron chi connectivity index (χ1n) is 6.29. The first-order valence-corrected chi connectivity index (χ1v) is 6.29. The number of piperazine rings is 1. The van der Waals surface area contributed by atoms with Gasteiger partial charge in [0.05, 0.1) is 0 Å². The first kappa shape index (κ1) is 10.4. The Morgan fingerprint density at radius 1 is 1.29 bits per heavy atom. The molecular formula is C12H24N2. The molecule has 0 radical (unpaired) electrons. The molecule has 0 aromatic carbocycles. The van der Waals surface area contributed by atoms with E-state index < -0.39 is 0 Å². The van der Waals surface area contributed by atoms with Crippen LogP contribution in [0.25, 0.3) is 0 Å². The van der Waals surface area contributed by atoms with Crippen LogP contribution in [0.1, 0.15) is 32.6 Å². The molecular weight excluding hydrogens is 172 g/mol. The molecule has 82 valence electrons. The van der Waals surface area contributed by atoms with Gasteiger partial charge in [-0.1, -0.05) is 6.92 Å². The summed E-state index contributed by atoms with van der Waals surface area (Å²) in [7, 11) is 0. The summed E-state index contributed by atoms with van der Waals surface area (Å²) in [5.41, 5.74) is 0. The van der Waals surface area contributed by atoms with Gasteiger partial charge in [-0.25, -0.2) is 0 Å². The predicted molar refractivity (Wildman–Crippen MR) is 60.4 cm³/mol. The highest BCUT2D eigenvalue weighted by molar-refractivity contribution is 4.79. The van der Waals surface area contributed by atoms with Crippen LogP contribution in [-0.2, 0) is 0 Å². The van der Waals surface area contributed by atoms with Gasteiger partial charge in [-0.3, -0.25) is 0 Å². The van der Waals surface area contributed by atoms with E-state index in [1.807, 2.05) is 0 Å². The highest BCUT2D eigenvalue weighted by atomic mass is 15.2. The number of hydrogen-bond acceptors (Lipinski definition) is 2. The lowest BCUT2D eigenvalue weighted by Crippen LogP contribution is -2.43. The zero-order valence-corrected chi connectivity index (χ0v) is 9.47. The van der Waals surface area contributed by atoms with Gasteiger partial charge in [-0.15, -0.1) is 0 Å². The van der Waals surface area contributed by atoms with Crippen molar-refractivity contribution in [3.8, 4) is 0 Å². The zero-order chi connectivity index (χ0) is 9.80. The fraction of sp³-hybridized carbons (Fsp3) is 1.00. The maximum atomic E-state index is 3.40. The van der Waals surface area contributed by atoms with Gasteiger partial charge in [0.2, 0.25) is 0 Å². The molecule has 2 nitrogen and oxygen atoms in total. The second-order valence-corrected chi connectivity index (χ2v) is 5.05. The van der Waals surface area contributed by atoms with Crippen LogP contribution in [-0.4, -0.2) is 37.6 Å². The van der Waals surface area contributed by atoms with Crippen LogP contribution >= 0.6 is 0 Å². The Labute approximate surface area is 88.1 Å². The van der Waals surface area contributed by atoms with Gasteiger partial charge >= 0.3 is 0 Å². The minimum atomic E-state index is 0.998. The summed E-state index contributed by atoms with van der Waals surface area (Å²) in [5.74, 6) is 2.09. The van der Waals surface area contributed by atoms with E-state index in [-0.39, 0.29) is 0 Å². The molecule has 0 amide bonds. The highest BCUT2D eigenvalue weighted by Gasteiger charge is 2.27. The molecule has 1 saturated heterocycles. The summed E-state index contributed by atoms with van der Waals surface area (Å²) in [6, 6.07) is 0. The van der Waals surface area contributed by atoms with E-state index in [4.69, 9.17) is 0 Å². The summed E-state index contributed by atoms with van der Waals surface area (Å²) in [6.45, 7) is 8.68. The fourth-order valence-electron chi connectivity index (χ4n) is 2.47. The summed E-state index contributed by atoms with van der Waals surface area (Å²) in [5, 5.41) is 3.40. The lowest BCUT2D eigenvalue weighted by atomic mass is 10.0. The largest absolute Gasteiger partial charge is 0.314 e. The molecule has 2 aliphatic rings. The summed E-state index contributed by atoms with van der Waals surface area (Å²) in [4.78, 5) is 2.61. The van der Waals surface area contributed by atoms with Crippen molar-refractivity contribution in [1.82, 2.24) is 10.2 Å². The van der Waals surface area contributed by atoms with E-state index >= 15 is 0 Å². The molecule has 1 atom stereocenters. The molecule has 14 heavy (non-hydrogen) atoms. The van der Waals surface area contributed by atoms with E-state index in [1.54, 1.807) is 0 Å². The third kappa shape index (κ3) is 3.25. The second kappa shape index (κ2) is 5.13.